The Morgan fingerprint density at radius 1 is 0.500 bits per heavy atom. The molecule has 2 aromatic rings. The maximum absolute atomic E-state index is 12.2. The number of hydrogen-bond acceptors (Lipinski definition) is 17. The summed E-state index contributed by atoms with van der Waals surface area (Å²) in [6.07, 6.45) is 0.705. The minimum absolute atomic E-state index is 0.0289. The first-order valence-electron chi connectivity index (χ1n) is 22.5. The standard InChI is InChI=1S/2C15H18N2O4.C8H17NO2.C7H16N2O2/c18-9-10-7-16(8-13(10)19)5-6-17-14(20)11-3-1-2-4-12(11)15(17)21;18-9-12-13(19)5-6-16(12)7-8-17-14(20)10-3-1-2-4-11(10)15(17)21;1-2-3-9-4-7(6-10)8(11)5-9;8-2-4-9-3-1-7(11)6(9)5-10/h1-4,10,13,18-19H,5-9H2;1-4,12-13,18-19H,5-9H2;7-8,10-11H,2-6H2,1H3;6-7,10-11H,1-5,8H2/t10-,13-;12-,13-;7-,8-;6-,7-/m0101/s1. The fraction of sp³-hybridized carbons (Fsp3) is 0.644. The fourth-order valence-electron chi connectivity index (χ4n) is 9.27. The zero-order chi connectivity index (χ0) is 46.5. The van der Waals surface area contributed by atoms with Gasteiger partial charge in [0.05, 0.1) is 72.0 Å². The number of hydrogen-bond donors (Lipinski definition) is 9. The molecular formula is C45H69N7O12. The molecule has 8 rings (SSSR count). The van der Waals surface area contributed by atoms with E-state index < -0.39 is 12.2 Å². The number of nitrogens with zero attached hydrogens (tertiary/aromatic N) is 6. The molecule has 19 nitrogen and oxygen atoms in total. The van der Waals surface area contributed by atoms with E-state index in [4.69, 9.17) is 21.1 Å². The lowest BCUT2D eigenvalue weighted by atomic mass is 10.1. The number of nitrogens with two attached hydrogens (primary N) is 1. The van der Waals surface area contributed by atoms with Crippen LogP contribution in [0.1, 0.15) is 67.6 Å². The highest BCUT2D eigenvalue weighted by Gasteiger charge is 2.39. The van der Waals surface area contributed by atoms with Crippen molar-refractivity contribution in [1.82, 2.24) is 29.4 Å². The molecule has 2 aromatic carbocycles. The van der Waals surface area contributed by atoms with Crippen molar-refractivity contribution in [2.45, 2.75) is 62.7 Å². The molecule has 8 atom stereocenters. The van der Waals surface area contributed by atoms with Crippen LogP contribution in [0.3, 0.4) is 0 Å². The number of likely N-dealkylation sites (tertiary alicyclic amines) is 4. The van der Waals surface area contributed by atoms with Crippen molar-refractivity contribution in [3.63, 3.8) is 0 Å². The summed E-state index contributed by atoms with van der Waals surface area (Å²) in [4.78, 5) is 59.4. The number of amides is 4. The minimum Gasteiger partial charge on any atom is -0.396 e. The molecule has 6 aliphatic rings. The van der Waals surface area contributed by atoms with Crippen molar-refractivity contribution in [2.75, 3.05) is 112 Å². The molecule has 19 heteroatoms. The van der Waals surface area contributed by atoms with Gasteiger partial charge >= 0.3 is 0 Å². The van der Waals surface area contributed by atoms with Crippen LogP contribution >= 0.6 is 0 Å². The Morgan fingerprint density at radius 2 is 0.875 bits per heavy atom. The van der Waals surface area contributed by atoms with E-state index in [1.807, 2.05) is 14.7 Å². The number of rotatable bonds is 14. The van der Waals surface area contributed by atoms with Gasteiger partial charge in [-0.3, -0.25) is 43.7 Å². The average molecular weight is 900 g/mol. The number of fused-ring (bicyclic) bond motifs is 2. The third-order valence-electron chi connectivity index (χ3n) is 13.0. The van der Waals surface area contributed by atoms with Crippen molar-refractivity contribution < 1.29 is 60.0 Å². The van der Waals surface area contributed by atoms with E-state index >= 15 is 0 Å². The normalized spacial score (nSPS) is 28.2. The van der Waals surface area contributed by atoms with E-state index in [9.17, 15) is 44.7 Å². The Labute approximate surface area is 374 Å². The topological polar surface area (TPSA) is 276 Å². The highest BCUT2D eigenvalue weighted by molar-refractivity contribution is 6.22. The first-order valence-corrected chi connectivity index (χ1v) is 22.5. The van der Waals surface area contributed by atoms with Gasteiger partial charge in [-0.1, -0.05) is 31.2 Å². The monoisotopic (exact) mass is 900 g/mol. The number of aliphatic hydroxyl groups excluding tert-OH is 8. The summed E-state index contributed by atoms with van der Waals surface area (Å²) in [6.45, 7) is 10.2. The van der Waals surface area contributed by atoms with Gasteiger partial charge in [-0.05, 0) is 50.1 Å². The molecule has 4 amide bonds. The number of β-amino-alcohol motifs (C(OH)–C–C–N with tert-alkyl or cyclic N) is 2. The second kappa shape index (κ2) is 24.6. The molecule has 6 heterocycles. The van der Waals surface area contributed by atoms with Crippen LogP contribution in [-0.2, 0) is 0 Å². The molecule has 0 aliphatic carbocycles. The van der Waals surface area contributed by atoms with Crippen LogP contribution < -0.4 is 5.73 Å². The molecule has 0 aromatic heterocycles. The van der Waals surface area contributed by atoms with Gasteiger partial charge in [0, 0.05) is 104 Å². The van der Waals surface area contributed by atoms with Crippen molar-refractivity contribution in [3.05, 3.63) is 70.8 Å². The quantitative estimate of drug-likeness (QED) is 0.0875. The van der Waals surface area contributed by atoms with Gasteiger partial charge in [0.1, 0.15) is 0 Å². The molecule has 0 bridgehead atoms. The van der Waals surface area contributed by atoms with E-state index in [-0.39, 0.29) is 92.7 Å². The van der Waals surface area contributed by atoms with E-state index in [2.05, 4.69) is 11.8 Å². The number of carbonyl (C=O) groups excluding carboxylic acids is 4. The molecule has 0 saturated carbocycles. The molecule has 64 heavy (non-hydrogen) atoms. The van der Waals surface area contributed by atoms with Gasteiger partial charge in [-0.25, -0.2) is 0 Å². The van der Waals surface area contributed by atoms with Crippen LogP contribution in [-0.4, -0.2) is 242 Å². The van der Waals surface area contributed by atoms with E-state index in [1.165, 1.54) is 9.80 Å². The van der Waals surface area contributed by atoms with Crippen LogP contribution in [0.4, 0.5) is 0 Å². The van der Waals surface area contributed by atoms with E-state index in [0.29, 0.717) is 74.5 Å². The van der Waals surface area contributed by atoms with Crippen LogP contribution in [0.5, 0.6) is 0 Å². The summed E-state index contributed by atoms with van der Waals surface area (Å²) in [5, 5.41) is 74.4. The smallest absolute Gasteiger partial charge is 0.261 e. The SMILES string of the molecule is CCCN1C[C@@H](CO)[C@@H](O)C1.NCCN1CC[C@@H](O)[C@H]1CO.O=C1c2ccccc2C(=O)N1CCN1CC[C@@H](O)[C@H]1CO.O=C1c2ccccc2C(=O)N1CCN1C[C@@H](CO)[C@@H](O)C1. The number of imide groups is 2. The lowest BCUT2D eigenvalue weighted by Crippen LogP contribution is -2.43. The van der Waals surface area contributed by atoms with Crippen molar-refractivity contribution in [3.8, 4) is 0 Å². The Balaban J connectivity index is 0.000000168. The van der Waals surface area contributed by atoms with Gasteiger partial charge in [0.2, 0.25) is 0 Å². The first-order chi connectivity index (χ1) is 30.8. The molecule has 6 aliphatic heterocycles. The summed E-state index contributed by atoms with van der Waals surface area (Å²) < 4.78 is 0. The highest BCUT2D eigenvalue weighted by atomic mass is 16.3. The van der Waals surface area contributed by atoms with Gasteiger partial charge in [0.25, 0.3) is 23.6 Å². The van der Waals surface area contributed by atoms with Crippen molar-refractivity contribution >= 4 is 23.6 Å². The highest BCUT2D eigenvalue weighted by Crippen LogP contribution is 2.25. The summed E-state index contributed by atoms with van der Waals surface area (Å²) >= 11 is 0. The molecule has 356 valence electrons. The van der Waals surface area contributed by atoms with Gasteiger partial charge < -0.3 is 51.5 Å². The number of carbonyl (C=O) groups is 4. The summed E-state index contributed by atoms with van der Waals surface area (Å²) in [7, 11) is 0. The molecule has 0 unspecified atom stereocenters. The van der Waals surface area contributed by atoms with Crippen LogP contribution in [0.2, 0.25) is 0 Å². The molecule has 0 spiro atoms. The fourth-order valence-corrected chi connectivity index (χ4v) is 9.27. The Kier molecular flexibility index (Phi) is 19.7. The predicted octanol–water partition coefficient (Wildman–Crippen LogP) is -2.67. The first kappa shape index (κ1) is 51.2. The van der Waals surface area contributed by atoms with Gasteiger partial charge in [-0.15, -0.1) is 0 Å². The second-order valence-electron chi connectivity index (χ2n) is 17.2. The average Bonchev–Trinajstić information content (AvgIpc) is 4.14. The van der Waals surface area contributed by atoms with Gasteiger partial charge in [0.15, 0.2) is 0 Å². The van der Waals surface area contributed by atoms with Crippen molar-refractivity contribution in [2.24, 2.45) is 17.6 Å². The maximum Gasteiger partial charge on any atom is 0.261 e. The molecule has 4 saturated heterocycles. The zero-order valence-corrected chi connectivity index (χ0v) is 36.9. The van der Waals surface area contributed by atoms with Crippen molar-refractivity contribution in [1.29, 1.82) is 0 Å². The number of benzene rings is 2. The summed E-state index contributed by atoms with van der Waals surface area (Å²) in [6, 6.07) is 13.2. The third kappa shape index (κ3) is 12.3. The summed E-state index contributed by atoms with van der Waals surface area (Å²) in [5.74, 6) is -1.11. The van der Waals surface area contributed by atoms with E-state index in [1.54, 1.807) is 48.5 Å². The lowest BCUT2D eigenvalue weighted by Gasteiger charge is -2.26. The van der Waals surface area contributed by atoms with Crippen LogP contribution in [0.25, 0.3) is 0 Å². The van der Waals surface area contributed by atoms with Crippen LogP contribution in [0.15, 0.2) is 48.5 Å². The minimum atomic E-state index is -0.544. The Bertz CT molecular complexity index is 1770. The molecule has 4 fully saturated rings. The Hall–Kier alpha value is -3.80. The van der Waals surface area contributed by atoms with E-state index in [0.717, 1.165) is 45.6 Å². The largest absolute Gasteiger partial charge is 0.396 e. The maximum atomic E-state index is 12.2. The zero-order valence-electron chi connectivity index (χ0n) is 36.9. The van der Waals surface area contributed by atoms with Gasteiger partial charge in [-0.2, -0.15) is 0 Å². The Morgan fingerprint density at radius 3 is 1.22 bits per heavy atom. The lowest BCUT2D eigenvalue weighted by molar-refractivity contribution is 0.0551. The predicted molar refractivity (Wildman–Crippen MR) is 235 cm³/mol. The molecule has 10 N–H and O–H groups in total. The summed E-state index contributed by atoms with van der Waals surface area (Å²) in [5.41, 5.74) is 7.17. The third-order valence-corrected chi connectivity index (χ3v) is 13.0. The molecule has 0 radical (unpaired) electrons. The second-order valence-corrected chi connectivity index (χ2v) is 17.2. The molecular weight excluding hydrogens is 831 g/mol. The van der Waals surface area contributed by atoms with Crippen LogP contribution in [0, 0.1) is 11.8 Å². The number of aliphatic hydroxyl groups is 8.